The number of carbonyl (C=O) groups is 1. The van der Waals surface area contributed by atoms with Crippen LogP contribution >= 0.6 is 0 Å². The molecule has 1 unspecified atom stereocenters. The van der Waals surface area contributed by atoms with Crippen molar-refractivity contribution in [3.8, 4) is 11.4 Å². The first-order valence-electron chi connectivity index (χ1n) is 10.5. The summed E-state index contributed by atoms with van der Waals surface area (Å²) in [7, 11) is 0. The summed E-state index contributed by atoms with van der Waals surface area (Å²) in [6, 6.07) is 7.99. The van der Waals surface area contributed by atoms with Gasteiger partial charge in [-0.25, -0.2) is 13.9 Å². The molecule has 9 nitrogen and oxygen atoms in total. The maximum atomic E-state index is 13.5. The highest BCUT2D eigenvalue weighted by molar-refractivity contribution is 5.78. The van der Waals surface area contributed by atoms with Crippen molar-refractivity contribution < 1.29 is 13.7 Å². The van der Waals surface area contributed by atoms with Gasteiger partial charge >= 0.3 is 0 Å². The van der Waals surface area contributed by atoms with Crippen LogP contribution in [0, 0.1) is 19.7 Å². The molecule has 0 saturated carbocycles. The number of fused-ring (bicyclic) bond motifs is 1. The Kier molecular flexibility index (Phi) is 5.12. The molecule has 0 aliphatic carbocycles. The molecule has 4 heterocycles. The Morgan fingerprint density at radius 1 is 1.22 bits per heavy atom. The predicted molar refractivity (Wildman–Crippen MR) is 112 cm³/mol. The Bertz CT molecular complexity index is 1300. The summed E-state index contributed by atoms with van der Waals surface area (Å²) in [5, 5.41) is 8.43. The molecule has 1 aliphatic heterocycles. The number of hydrogen-bond donors (Lipinski definition) is 0. The zero-order valence-corrected chi connectivity index (χ0v) is 17.8. The number of aryl methyl sites for hydroxylation is 2. The summed E-state index contributed by atoms with van der Waals surface area (Å²) in [4.78, 5) is 28.0. The highest BCUT2D eigenvalue weighted by Crippen LogP contribution is 2.28. The van der Waals surface area contributed by atoms with E-state index in [4.69, 9.17) is 4.52 Å². The Morgan fingerprint density at radius 2 is 2.09 bits per heavy atom. The zero-order valence-electron chi connectivity index (χ0n) is 17.8. The SMILES string of the molecule is Cc1cc(C)n2nc(CC(=O)N3CCCC(c4nc(-c5cccc(F)c5)no4)C3)nc2n1. The molecule has 1 amide bonds. The second kappa shape index (κ2) is 8.10. The van der Waals surface area contributed by atoms with Crippen molar-refractivity contribution in [1.82, 2.24) is 34.6 Å². The number of hydrogen-bond acceptors (Lipinski definition) is 7. The standard InChI is InChI=1S/C22H22FN7O2/c1-13-9-14(2)30-22(24-13)25-18(27-30)11-19(31)29-8-4-6-16(12-29)21-26-20(28-32-21)15-5-3-7-17(23)10-15/h3,5,7,9-10,16H,4,6,8,11-12H2,1-2H3. The summed E-state index contributed by atoms with van der Waals surface area (Å²) in [6.07, 6.45) is 1.77. The molecular weight excluding hydrogens is 413 g/mol. The van der Waals surface area contributed by atoms with E-state index in [-0.39, 0.29) is 24.1 Å². The minimum absolute atomic E-state index is 0.0511. The van der Waals surface area contributed by atoms with Gasteiger partial charge in [-0.1, -0.05) is 17.3 Å². The van der Waals surface area contributed by atoms with Crippen LogP contribution in [0.3, 0.4) is 0 Å². The zero-order chi connectivity index (χ0) is 22.2. The third-order valence-electron chi connectivity index (χ3n) is 5.62. The van der Waals surface area contributed by atoms with E-state index < -0.39 is 0 Å². The van der Waals surface area contributed by atoms with Gasteiger partial charge in [-0.05, 0) is 44.9 Å². The monoisotopic (exact) mass is 435 g/mol. The highest BCUT2D eigenvalue weighted by Gasteiger charge is 2.29. The summed E-state index contributed by atoms with van der Waals surface area (Å²) in [6.45, 7) is 4.97. The van der Waals surface area contributed by atoms with Gasteiger partial charge in [-0.15, -0.1) is 5.10 Å². The Balaban J connectivity index is 1.29. The van der Waals surface area contributed by atoms with Crippen molar-refractivity contribution in [2.75, 3.05) is 13.1 Å². The number of carbonyl (C=O) groups excluding carboxylic acids is 1. The molecule has 3 aromatic heterocycles. The summed E-state index contributed by atoms with van der Waals surface area (Å²) >= 11 is 0. The fraction of sp³-hybridized carbons (Fsp3) is 0.364. The van der Waals surface area contributed by atoms with E-state index in [0.717, 1.165) is 24.2 Å². The quantitative estimate of drug-likeness (QED) is 0.486. The van der Waals surface area contributed by atoms with E-state index in [1.54, 1.807) is 21.5 Å². The molecule has 0 N–H and O–H groups in total. The molecule has 5 rings (SSSR count). The minimum Gasteiger partial charge on any atom is -0.342 e. The first-order valence-corrected chi connectivity index (χ1v) is 10.5. The van der Waals surface area contributed by atoms with Crippen molar-refractivity contribution >= 4 is 11.7 Å². The number of halogens is 1. The van der Waals surface area contributed by atoms with Gasteiger partial charge in [-0.3, -0.25) is 4.79 Å². The molecule has 1 aromatic carbocycles. The predicted octanol–water partition coefficient (Wildman–Crippen LogP) is 2.88. The number of aromatic nitrogens is 6. The molecule has 32 heavy (non-hydrogen) atoms. The lowest BCUT2D eigenvalue weighted by Crippen LogP contribution is -2.40. The third-order valence-corrected chi connectivity index (χ3v) is 5.62. The van der Waals surface area contributed by atoms with Gasteiger partial charge in [0.2, 0.25) is 17.6 Å². The second-order valence-electron chi connectivity index (χ2n) is 8.10. The van der Waals surface area contributed by atoms with E-state index in [2.05, 4.69) is 25.2 Å². The van der Waals surface area contributed by atoms with Crippen LogP contribution in [-0.2, 0) is 11.2 Å². The molecule has 1 atom stereocenters. The van der Waals surface area contributed by atoms with E-state index in [1.807, 2.05) is 19.9 Å². The average Bonchev–Trinajstić information content (AvgIpc) is 3.41. The Hall–Kier alpha value is -3.69. The number of likely N-dealkylation sites (tertiary alicyclic amines) is 1. The van der Waals surface area contributed by atoms with Crippen LogP contribution < -0.4 is 0 Å². The van der Waals surface area contributed by atoms with Gasteiger partial charge in [0, 0.05) is 30.0 Å². The molecule has 0 radical (unpaired) electrons. The molecule has 4 aromatic rings. The Morgan fingerprint density at radius 3 is 2.94 bits per heavy atom. The van der Waals surface area contributed by atoms with Crippen LogP contribution in [0.4, 0.5) is 4.39 Å². The lowest BCUT2D eigenvalue weighted by molar-refractivity contribution is -0.131. The van der Waals surface area contributed by atoms with E-state index in [0.29, 0.717) is 42.0 Å². The summed E-state index contributed by atoms with van der Waals surface area (Å²) in [5.74, 6) is 1.28. The number of amides is 1. The van der Waals surface area contributed by atoms with E-state index in [9.17, 15) is 9.18 Å². The molecule has 1 saturated heterocycles. The largest absolute Gasteiger partial charge is 0.342 e. The minimum atomic E-state index is -0.357. The van der Waals surface area contributed by atoms with Crippen LogP contribution in [0.1, 0.15) is 41.9 Å². The van der Waals surface area contributed by atoms with Crippen LogP contribution in [0.2, 0.25) is 0 Å². The first-order chi connectivity index (χ1) is 15.5. The smallest absolute Gasteiger partial charge is 0.252 e. The fourth-order valence-corrected chi connectivity index (χ4v) is 4.08. The van der Waals surface area contributed by atoms with Gasteiger partial charge in [0.15, 0.2) is 5.82 Å². The number of benzene rings is 1. The van der Waals surface area contributed by atoms with Crippen molar-refractivity contribution in [2.45, 2.75) is 39.0 Å². The highest BCUT2D eigenvalue weighted by atomic mass is 19.1. The lowest BCUT2D eigenvalue weighted by Gasteiger charge is -2.30. The van der Waals surface area contributed by atoms with Crippen LogP contribution in [0.5, 0.6) is 0 Å². The summed E-state index contributed by atoms with van der Waals surface area (Å²) in [5.41, 5.74) is 2.33. The normalized spacial score (nSPS) is 16.6. The van der Waals surface area contributed by atoms with Crippen molar-refractivity contribution in [2.24, 2.45) is 0 Å². The molecule has 1 fully saturated rings. The molecule has 1 aliphatic rings. The molecule has 10 heteroatoms. The maximum absolute atomic E-state index is 13.5. The molecule has 164 valence electrons. The third kappa shape index (κ3) is 3.95. The van der Waals surface area contributed by atoms with Crippen molar-refractivity contribution in [1.29, 1.82) is 0 Å². The topological polar surface area (TPSA) is 102 Å². The van der Waals surface area contributed by atoms with E-state index >= 15 is 0 Å². The van der Waals surface area contributed by atoms with Crippen LogP contribution in [0.25, 0.3) is 17.2 Å². The van der Waals surface area contributed by atoms with Gasteiger partial charge in [0.25, 0.3) is 5.78 Å². The Labute approximate surface area is 183 Å². The van der Waals surface area contributed by atoms with Crippen LogP contribution in [0.15, 0.2) is 34.9 Å². The van der Waals surface area contributed by atoms with Gasteiger partial charge in [0.05, 0.1) is 12.3 Å². The second-order valence-corrected chi connectivity index (χ2v) is 8.10. The summed E-state index contributed by atoms with van der Waals surface area (Å²) < 4.78 is 20.6. The van der Waals surface area contributed by atoms with Gasteiger partial charge in [0.1, 0.15) is 5.82 Å². The molecule has 0 spiro atoms. The first kappa shape index (κ1) is 20.2. The number of nitrogens with zero attached hydrogens (tertiary/aromatic N) is 7. The van der Waals surface area contributed by atoms with Crippen LogP contribution in [-0.4, -0.2) is 53.6 Å². The molecule has 0 bridgehead atoms. The molecular formula is C22H22FN7O2. The number of rotatable bonds is 4. The van der Waals surface area contributed by atoms with Gasteiger partial charge < -0.3 is 9.42 Å². The maximum Gasteiger partial charge on any atom is 0.252 e. The van der Waals surface area contributed by atoms with Crippen molar-refractivity contribution in [3.05, 3.63) is 59.3 Å². The average molecular weight is 435 g/mol. The lowest BCUT2D eigenvalue weighted by atomic mass is 9.97. The van der Waals surface area contributed by atoms with Gasteiger partial charge in [-0.2, -0.15) is 9.97 Å². The fourth-order valence-electron chi connectivity index (χ4n) is 4.08. The van der Waals surface area contributed by atoms with Crippen molar-refractivity contribution in [3.63, 3.8) is 0 Å². The number of piperidine rings is 1. The van der Waals surface area contributed by atoms with E-state index in [1.165, 1.54) is 12.1 Å².